The van der Waals surface area contributed by atoms with Crippen LogP contribution in [0.4, 0.5) is 5.69 Å². The van der Waals surface area contributed by atoms with E-state index in [0.29, 0.717) is 34.0 Å². The lowest BCUT2D eigenvalue weighted by molar-refractivity contribution is -0.113. The summed E-state index contributed by atoms with van der Waals surface area (Å²) < 4.78 is 12.9. The average Bonchev–Trinajstić information content (AvgIpc) is 3.13. The maximum absolute atomic E-state index is 12.4. The third kappa shape index (κ3) is 5.77. The largest absolute Gasteiger partial charge is 0.495 e. The molecule has 0 aliphatic carbocycles. The third-order valence-corrected chi connectivity index (χ3v) is 5.19. The van der Waals surface area contributed by atoms with Gasteiger partial charge in [-0.25, -0.2) is 0 Å². The Labute approximate surface area is 184 Å². The molecule has 0 fully saturated rings. The minimum atomic E-state index is -0.212. The van der Waals surface area contributed by atoms with Gasteiger partial charge in [-0.3, -0.25) is 9.36 Å². The second-order valence-corrected chi connectivity index (χ2v) is 7.46. The van der Waals surface area contributed by atoms with Gasteiger partial charge in [0, 0.05) is 11.6 Å². The number of rotatable bonds is 10. The summed E-state index contributed by atoms with van der Waals surface area (Å²) in [6, 6.07) is 14.5. The predicted octanol–water partition coefficient (Wildman–Crippen LogP) is 4.44. The SMILES string of the molecule is C=CCn1c(COc2ccccc2)nnc1SCC(=O)Nc1cc(Cl)ccc1OC. The molecule has 1 aromatic heterocycles. The number of para-hydroxylation sites is 1. The molecule has 0 atom stereocenters. The number of carbonyl (C=O) groups is 1. The van der Waals surface area contributed by atoms with Crippen molar-refractivity contribution in [3.05, 3.63) is 72.0 Å². The molecule has 0 aliphatic heterocycles. The second-order valence-electron chi connectivity index (χ2n) is 6.08. The summed E-state index contributed by atoms with van der Waals surface area (Å²) >= 11 is 7.28. The molecule has 9 heteroatoms. The summed E-state index contributed by atoms with van der Waals surface area (Å²) in [5.74, 6) is 1.86. The first kappa shape index (κ1) is 21.7. The van der Waals surface area contributed by atoms with E-state index in [0.717, 1.165) is 5.75 Å². The van der Waals surface area contributed by atoms with Gasteiger partial charge >= 0.3 is 0 Å². The highest BCUT2D eigenvalue weighted by atomic mass is 35.5. The van der Waals surface area contributed by atoms with Crippen molar-refractivity contribution in [2.24, 2.45) is 0 Å². The molecule has 0 spiro atoms. The lowest BCUT2D eigenvalue weighted by Gasteiger charge is -2.11. The molecule has 0 aliphatic rings. The molecule has 0 radical (unpaired) electrons. The fraction of sp³-hybridized carbons (Fsp3) is 0.190. The van der Waals surface area contributed by atoms with E-state index in [9.17, 15) is 4.79 Å². The molecule has 3 rings (SSSR count). The van der Waals surface area contributed by atoms with Crippen molar-refractivity contribution in [2.75, 3.05) is 18.2 Å². The molecule has 1 heterocycles. The highest BCUT2D eigenvalue weighted by molar-refractivity contribution is 7.99. The van der Waals surface area contributed by atoms with Gasteiger partial charge in [-0.2, -0.15) is 0 Å². The van der Waals surface area contributed by atoms with Crippen LogP contribution in [0, 0.1) is 0 Å². The Kier molecular flexibility index (Phi) is 7.75. The number of nitrogens with one attached hydrogen (secondary N) is 1. The molecular formula is C21H21ClN4O3S. The van der Waals surface area contributed by atoms with E-state index in [-0.39, 0.29) is 18.3 Å². The zero-order valence-corrected chi connectivity index (χ0v) is 17.9. The quantitative estimate of drug-likeness (QED) is 0.368. The zero-order chi connectivity index (χ0) is 21.3. The molecule has 0 unspecified atom stereocenters. The fourth-order valence-electron chi connectivity index (χ4n) is 2.60. The number of ether oxygens (including phenoxy) is 2. The van der Waals surface area contributed by atoms with Crippen molar-refractivity contribution in [3.8, 4) is 11.5 Å². The fourth-order valence-corrected chi connectivity index (χ4v) is 3.54. The maximum Gasteiger partial charge on any atom is 0.234 e. The van der Waals surface area contributed by atoms with Crippen LogP contribution in [0.1, 0.15) is 5.82 Å². The average molecular weight is 445 g/mol. The van der Waals surface area contributed by atoms with Gasteiger partial charge < -0.3 is 14.8 Å². The number of thioether (sulfide) groups is 1. The predicted molar refractivity (Wildman–Crippen MR) is 118 cm³/mol. The Balaban J connectivity index is 1.63. The van der Waals surface area contributed by atoms with Crippen LogP contribution in [-0.2, 0) is 17.9 Å². The van der Waals surface area contributed by atoms with Crippen molar-refractivity contribution in [2.45, 2.75) is 18.3 Å². The Hall–Kier alpha value is -2.97. The van der Waals surface area contributed by atoms with Gasteiger partial charge in [0.1, 0.15) is 18.1 Å². The number of allylic oxidation sites excluding steroid dienone is 1. The van der Waals surface area contributed by atoms with Gasteiger partial charge in [-0.15, -0.1) is 16.8 Å². The van der Waals surface area contributed by atoms with E-state index < -0.39 is 0 Å². The molecule has 3 aromatic rings. The van der Waals surface area contributed by atoms with Gasteiger partial charge in [0.25, 0.3) is 0 Å². The summed E-state index contributed by atoms with van der Waals surface area (Å²) in [6.45, 7) is 4.55. The number of amides is 1. The van der Waals surface area contributed by atoms with Gasteiger partial charge in [0.15, 0.2) is 11.0 Å². The Morgan fingerprint density at radius 2 is 2.07 bits per heavy atom. The van der Waals surface area contributed by atoms with Crippen molar-refractivity contribution in [1.29, 1.82) is 0 Å². The van der Waals surface area contributed by atoms with Crippen molar-refractivity contribution >= 4 is 35.0 Å². The first-order valence-corrected chi connectivity index (χ1v) is 10.4. The van der Waals surface area contributed by atoms with E-state index in [4.69, 9.17) is 21.1 Å². The van der Waals surface area contributed by atoms with Crippen LogP contribution in [0.2, 0.25) is 5.02 Å². The van der Waals surface area contributed by atoms with Crippen LogP contribution in [0.3, 0.4) is 0 Å². The summed E-state index contributed by atoms with van der Waals surface area (Å²) in [4.78, 5) is 12.4. The lowest BCUT2D eigenvalue weighted by Crippen LogP contribution is -2.15. The molecule has 0 saturated heterocycles. The van der Waals surface area contributed by atoms with E-state index in [1.165, 1.54) is 18.9 Å². The molecule has 0 bridgehead atoms. The van der Waals surface area contributed by atoms with E-state index >= 15 is 0 Å². The number of halogens is 1. The monoisotopic (exact) mass is 444 g/mol. The first-order valence-electron chi connectivity index (χ1n) is 9.07. The maximum atomic E-state index is 12.4. The second kappa shape index (κ2) is 10.7. The van der Waals surface area contributed by atoms with Gasteiger partial charge in [-0.1, -0.05) is 47.6 Å². The van der Waals surface area contributed by atoms with Crippen LogP contribution in [-0.4, -0.2) is 33.5 Å². The number of methoxy groups -OCH3 is 1. The summed E-state index contributed by atoms with van der Waals surface area (Å²) in [5.41, 5.74) is 0.514. The van der Waals surface area contributed by atoms with Gasteiger partial charge in [0.05, 0.1) is 18.6 Å². The van der Waals surface area contributed by atoms with Gasteiger partial charge in [-0.05, 0) is 30.3 Å². The van der Waals surface area contributed by atoms with E-state index in [1.54, 1.807) is 24.3 Å². The molecule has 30 heavy (non-hydrogen) atoms. The van der Waals surface area contributed by atoms with Crippen molar-refractivity contribution in [3.63, 3.8) is 0 Å². The summed E-state index contributed by atoms with van der Waals surface area (Å²) in [7, 11) is 1.53. The minimum Gasteiger partial charge on any atom is -0.495 e. The van der Waals surface area contributed by atoms with Crippen LogP contribution in [0.25, 0.3) is 0 Å². The molecule has 1 amide bonds. The topological polar surface area (TPSA) is 78.3 Å². The van der Waals surface area contributed by atoms with Crippen LogP contribution in [0.5, 0.6) is 11.5 Å². The highest BCUT2D eigenvalue weighted by Gasteiger charge is 2.15. The number of benzene rings is 2. The number of aromatic nitrogens is 3. The number of nitrogens with zero attached hydrogens (tertiary/aromatic N) is 3. The van der Waals surface area contributed by atoms with Crippen LogP contribution >= 0.6 is 23.4 Å². The molecule has 2 aromatic carbocycles. The Bertz CT molecular complexity index is 1010. The molecule has 156 valence electrons. The standard InChI is InChI=1S/C21H21ClN4O3S/c1-3-11-26-19(13-29-16-7-5-4-6-8-16)24-25-21(26)30-14-20(27)23-17-12-15(22)9-10-18(17)28-2/h3-10,12H,1,11,13-14H2,2H3,(H,23,27). The first-order chi connectivity index (χ1) is 14.6. The number of hydrogen-bond acceptors (Lipinski definition) is 6. The molecule has 7 nitrogen and oxygen atoms in total. The number of hydrogen-bond donors (Lipinski definition) is 1. The number of carbonyl (C=O) groups excluding carboxylic acids is 1. The Morgan fingerprint density at radius 1 is 1.27 bits per heavy atom. The van der Waals surface area contributed by atoms with Crippen molar-refractivity contribution < 1.29 is 14.3 Å². The lowest BCUT2D eigenvalue weighted by atomic mass is 10.3. The third-order valence-electron chi connectivity index (χ3n) is 3.98. The van der Waals surface area contributed by atoms with E-state index in [2.05, 4.69) is 22.1 Å². The normalized spacial score (nSPS) is 10.5. The summed E-state index contributed by atoms with van der Waals surface area (Å²) in [6.07, 6.45) is 1.75. The van der Waals surface area contributed by atoms with Crippen molar-refractivity contribution in [1.82, 2.24) is 14.8 Å². The van der Waals surface area contributed by atoms with Crippen LogP contribution < -0.4 is 14.8 Å². The smallest absolute Gasteiger partial charge is 0.234 e. The van der Waals surface area contributed by atoms with E-state index in [1.807, 2.05) is 34.9 Å². The zero-order valence-electron chi connectivity index (χ0n) is 16.4. The summed E-state index contributed by atoms with van der Waals surface area (Å²) in [5, 5.41) is 12.3. The molecular weight excluding hydrogens is 424 g/mol. The minimum absolute atomic E-state index is 0.143. The number of anilines is 1. The van der Waals surface area contributed by atoms with Gasteiger partial charge in [0.2, 0.25) is 5.91 Å². The molecule has 0 saturated carbocycles. The van der Waals surface area contributed by atoms with Crippen LogP contribution in [0.15, 0.2) is 66.3 Å². The Morgan fingerprint density at radius 3 is 2.80 bits per heavy atom. The highest BCUT2D eigenvalue weighted by Crippen LogP contribution is 2.28. The molecule has 1 N–H and O–H groups in total.